The van der Waals surface area contributed by atoms with Crippen LogP contribution in [0, 0.1) is 0 Å². The monoisotopic (exact) mass is 304 g/mol. The van der Waals surface area contributed by atoms with Crippen LogP contribution in [0.2, 0.25) is 0 Å². The van der Waals surface area contributed by atoms with Gasteiger partial charge in [0, 0.05) is 42.8 Å². The summed E-state index contributed by atoms with van der Waals surface area (Å²) in [5.74, 6) is 0.725. The fraction of sp³-hybridized carbons (Fsp3) is 0.357. The third kappa shape index (κ3) is 2.82. The van der Waals surface area contributed by atoms with Crippen LogP contribution in [0.5, 0.6) is 0 Å². The molecule has 0 saturated carbocycles. The Kier molecular flexibility index (Phi) is 3.74. The van der Waals surface area contributed by atoms with Crippen molar-refractivity contribution >= 4 is 22.8 Å². The summed E-state index contributed by atoms with van der Waals surface area (Å²) in [6, 6.07) is 9.96. The van der Waals surface area contributed by atoms with Crippen LogP contribution in [0.3, 0.4) is 0 Å². The summed E-state index contributed by atoms with van der Waals surface area (Å²) in [6.45, 7) is 3.66. The first kappa shape index (κ1) is 13.8. The van der Waals surface area contributed by atoms with Gasteiger partial charge >= 0.3 is 6.09 Å². The molecular weight excluding hydrogens is 288 g/mol. The number of aromatic nitrogens is 2. The number of amides is 1. The predicted molar refractivity (Wildman–Crippen MR) is 81.8 cm³/mol. The molecule has 1 aliphatic heterocycles. The summed E-state index contributed by atoms with van der Waals surface area (Å²) in [7, 11) is 0. The van der Waals surface area contributed by atoms with Gasteiger partial charge in [0.15, 0.2) is 5.82 Å². The van der Waals surface area contributed by atoms with E-state index in [1.165, 1.54) is 16.4 Å². The Morgan fingerprint density at radius 1 is 1.33 bits per heavy atom. The van der Waals surface area contributed by atoms with Crippen LogP contribution >= 0.6 is 11.5 Å². The molecule has 6 nitrogen and oxygen atoms in total. The molecule has 0 radical (unpaired) electrons. The number of hydrogen-bond donors (Lipinski definition) is 1. The van der Waals surface area contributed by atoms with E-state index in [1.807, 2.05) is 37.3 Å². The van der Waals surface area contributed by atoms with Crippen LogP contribution < -0.4 is 4.90 Å². The predicted octanol–water partition coefficient (Wildman–Crippen LogP) is 2.39. The molecule has 7 heteroatoms. The highest BCUT2D eigenvalue weighted by molar-refractivity contribution is 7.09. The Balaban J connectivity index is 1.77. The molecule has 1 N–H and O–H groups in total. The van der Waals surface area contributed by atoms with Crippen molar-refractivity contribution in [2.45, 2.75) is 13.0 Å². The average Bonchev–Trinajstić information content (AvgIpc) is 2.97. The lowest BCUT2D eigenvalue weighted by Crippen LogP contribution is -2.53. The fourth-order valence-electron chi connectivity index (χ4n) is 2.45. The second-order valence-electron chi connectivity index (χ2n) is 5.04. The molecule has 0 aliphatic carbocycles. The van der Waals surface area contributed by atoms with E-state index in [9.17, 15) is 4.79 Å². The van der Waals surface area contributed by atoms with E-state index in [0.29, 0.717) is 19.6 Å². The average molecular weight is 304 g/mol. The van der Waals surface area contributed by atoms with Crippen molar-refractivity contribution in [3.63, 3.8) is 0 Å². The molecule has 2 heterocycles. The van der Waals surface area contributed by atoms with E-state index >= 15 is 0 Å². The van der Waals surface area contributed by atoms with Crippen LogP contribution in [-0.2, 0) is 0 Å². The third-order valence-corrected chi connectivity index (χ3v) is 4.34. The first-order chi connectivity index (χ1) is 10.1. The number of hydrogen-bond acceptors (Lipinski definition) is 5. The zero-order valence-corrected chi connectivity index (χ0v) is 12.5. The van der Waals surface area contributed by atoms with Crippen LogP contribution in [0.1, 0.15) is 6.92 Å². The van der Waals surface area contributed by atoms with Crippen molar-refractivity contribution in [1.29, 1.82) is 0 Å². The van der Waals surface area contributed by atoms with E-state index in [2.05, 4.69) is 14.3 Å². The standard InChI is InChI=1S/C14H16N4O2S/c1-10-9-17(14(19)20)7-8-18(10)13-15-12(16-21-13)11-5-3-2-4-6-11/h2-6,10H,7-9H2,1H3,(H,19,20). The van der Waals surface area contributed by atoms with Gasteiger partial charge in [-0.25, -0.2) is 4.79 Å². The van der Waals surface area contributed by atoms with Gasteiger partial charge in [-0.3, -0.25) is 0 Å². The molecule has 0 bridgehead atoms. The topological polar surface area (TPSA) is 69.6 Å². The summed E-state index contributed by atoms with van der Waals surface area (Å²) in [5.41, 5.74) is 0.997. The van der Waals surface area contributed by atoms with Crippen molar-refractivity contribution in [3.05, 3.63) is 30.3 Å². The highest BCUT2D eigenvalue weighted by Crippen LogP contribution is 2.26. The number of anilines is 1. The summed E-state index contributed by atoms with van der Waals surface area (Å²) in [5, 5.41) is 9.90. The fourth-order valence-corrected chi connectivity index (χ4v) is 3.27. The quantitative estimate of drug-likeness (QED) is 0.922. The minimum Gasteiger partial charge on any atom is -0.465 e. The van der Waals surface area contributed by atoms with Crippen LogP contribution in [0.4, 0.5) is 9.93 Å². The van der Waals surface area contributed by atoms with Crippen LogP contribution in [-0.4, -0.2) is 51.1 Å². The molecule has 3 rings (SSSR count). The van der Waals surface area contributed by atoms with Crippen molar-refractivity contribution < 1.29 is 9.90 Å². The zero-order valence-electron chi connectivity index (χ0n) is 11.6. The van der Waals surface area contributed by atoms with Gasteiger partial charge in [0.05, 0.1) is 0 Å². The van der Waals surface area contributed by atoms with Crippen LogP contribution in [0.25, 0.3) is 11.4 Å². The second-order valence-corrected chi connectivity index (χ2v) is 5.77. The maximum atomic E-state index is 11.0. The summed E-state index contributed by atoms with van der Waals surface area (Å²) >= 11 is 1.36. The van der Waals surface area contributed by atoms with Crippen molar-refractivity contribution in [3.8, 4) is 11.4 Å². The van der Waals surface area contributed by atoms with E-state index < -0.39 is 6.09 Å². The summed E-state index contributed by atoms with van der Waals surface area (Å²) in [6.07, 6.45) is -0.858. The van der Waals surface area contributed by atoms with Crippen molar-refractivity contribution in [1.82, 2.24) is 14.3 Å². The molecule has 1 amide bonds. The van der Waals surface area contributed by atoms with E-state index in [1.54, 1.807) is 0 Å². The Morgan fingerprint density at radius 3 is 2.76 bits per heavy atom. The number of carbonyl (C=O) groups is 1. The maximum Gasteiger partial charge on any atom is 0.407 e. The largest absolute Gasteiger partial charge is 0.465 e. The third-order valence-electron chi connectivity index (χ3n) is 3.59. The minimum atomic E-state index is -0.858. The lowest BCUT2D eigenvalue weighted by atomic mass is 10.2. The van der Waals surface area contributed by atoms with Gasteiger partial charge in [0.1, 0.15) is 0 Å². The normalized spacial score (nSPS) is 18.8. The molecule has 110 valence electrons. The summed E-state index contributed by atoms with van der Waals surface area (Å²) in [4.78, 5) is 19.2. The number of benzene rings is 1. The zero-order chi connectivity index (χ0) is 14.8. The first-order valence-electron chi connectivity index (χ1n) is 6.79. The lowest BCUT2D eigenvalue weighted by Gasteiger charge is -2.38. The Morgan fingerprint density at radius 2 is 2.10 bits per heavy atom. The van der Waals surface area contributed by atoms with Gasteiger partial charge in [-0.1, -0.05) is 30.3 Å². The van der Waals surface area contributed by atoms with Gasteiger partial charge in [0.2, 0.25) is 5.13 Å². The SMILES string of the molecule is CC1CN(C(=O)O)CCN1c1nc(-c2ccccc2)ns1. The first-order valence-corrected chi connectivity index (χ1v) is 7.56. The Labute approximate surface area is 126 Å². The maximum absolute atomic E-state index is 11.0. The molecule has 1 aromatic carbocycles. The number of nitrogens with zero attached hydrogens (tertiary/aromatic N) is 4. The molecule has 1 unspecified atom stereocenters. The second kappa shape index (κ2) is 5.69. The molecule has 1 aliphatic rings. The molecule has 2 aromatic rings. The smallest absolute Gasteiger partial charge is 0.407 e. The van der Waals surface area contributed by atoms with Gasteiger partial charge in [-0.2, -0.15) is 9.36 Å². The summed E-state index contributed by atoms with van der Waals surface area (Å²) < 4.78 is 4.41. The number of rotatable bonds is 2. The number of piperazine rings is 1. The molecule has 21 heavy (non-hydrogen) atoms. The van der Waals surface area contributed by atoms with Crippen molar-refractivity contribution in [2.75, 3.05) is 24.5 Å². The Hall–Kier alpha value is -2.15. The van der Waals surface area contributed by atoms with Gasteiger partial charge < -0.3 is 14.9 Å². The van der Waals surface area contributed by atoms with Gasteiger partial charge in [-0.05, 0) is 6.92 Å². The Bertz CT molecular complexity index is 631. The lowest BCUT2D eigenvalue weighted by molar-refractivity contribution is 0.136. The molecule has 1 saturated heterocycles. The highest BCUT2D eigenvalue weighted by Gasteiger charge is 2.28. The molecular formula is C14H16N4O2S. The van der Waals surface area contributed by atoms with Crippen LogP contribution in [0.15, 0.2) is 30.3 Å². The van der Waals surface area contributed by atoms with Crippen molar-refractivity contribution in [2.24, 2.45) is 0 Å². The minimum absolute atomic E-state index is 0.103. The van der Waals surface area contributed by atoms with E-state index in [0.717, 1.165) is 16.5 Å². The molecule has 0 spiro atoms. The molecule has 1 atom stereocenters. The van der Waals surface area contributed by atoms with E-state index in [-0.39, 0.29) is 6.04 Å². The molecule has 1 aromatic heterocycles. The van der Waals surface area contributed by atoms with Gasteiger partial charge in [0.25, 0.3) is 0 Å². The molecule has 1 fully saturated rings. The van der Waals surface area contributed by atoms with Gasteiger partial charge in [-0.15, -0.1) is 0 Å². The highest BCUT2D eigenvalue weighted by atomic mass is 32.1. The van der Waals surface area contributed by atoms with E-state index in [4.69, 9.17) is 5.11 Å². The number of carboxylic acid groups (broad SMARTS) is 1.